The van der Waals surface area contributed by atoms with Gasteiger partial charge in [0.1, 0.15) is 0 Å². The Hall–Kier alpha value is -2.83. The van der Waals surface area contributed by atoms with Gasteiger partial charge in [0.15, 0.2) is 11.5 Å². The normalized spacial score (nSPS) is 10.7. The van der Waals surface area contributed by atoms with Gasteiger partial charge in [0, 0.05) is 30.4 Å². The van der Waals surface area contributed by atoms with Gasteiger partial charge in [0.05, 0.1) is 0 Å². The highest BCUT2D eigenvalue weighted by molar-refractivity contribution is 5.65. The topological polar surface area (TPSA) is 104 Å². The van der Waals surface area contributed by atoms with Crippen LogP contribution in [0.1, 0.15) is 12.5 Å². The molecule has 0 saturated heterocycles. The van der Waals surface area contributed by atoms with Crippen LogP contribution >= 0.6 is 0 Å². The summed E-state index contributed by atoms with van der Waals surface area (Å²) in [7, 11) is 0. The molecule has 3 rings (SSSR count). The summed E-state index contributed by atoms with van der Waals surface area (Å²) in [6, 6.07) is 1.85. The zero-order valence-corrected chi connectivity index (χ0v) is 10.8. The standard InChI is InChI=1S/C13H12N6O/c1-2-8-7-15-4-3-9(8)12-18-13(20-19-12)10-11(14)17-6-5-16-10/h3-7H,2H2,1H3,(H2,14,17). The van der Waals surface area contributed by atoms with Crippen molar-refractivity contribution in [2.75, 3.05) is 5.73 Å². The third kappa shape index (κ3) is 2.09. The predicted octanol–water partition coefficient (Wildman–Crippen LogP) is 1.73. The maximum absolute atomic E-state index is 5.75. The summed E-state index contributed by atoms with van der Waals surface area (Å²) >= 11 is 0. The van der Waals surface area contributed by atoms with Crippen molar-refractivity contribution in [3.8, 4) is 23.0 Å². The lowest BCUT2D eigenvalue weighted by molar-refractivity contribution is 0.431. The van der Waals surface area contributed by atoms with Crippen molar-refractivity contribution in [3.63, 3.8) is 0 Å². The summed E-state index contributed by atoms with van der Waals surface area (Å²) in [4.78, 5) is 16.5. The number of hydrogen-bond donors (Lipinski definition) is 1. The summed E-state index contributed by atoms with van der Waals surface area (Å²) in [6.07, 6.45) is 7.36. The van der Waals surface area contributed by atoms with Crippen molar-refractivity contribution < 1.29 is 4.52 Å². The van der Waals surface area contributed by atoms with E-state index in [4.69, 9.17) is 10.3 Å². The third-order valence-corrected chi connectivity index (χ3v) is 2.88. The number of nitrogens with two attached hydrogens (primary N) is 1. The third-order valence-electron chi connectivity index (χ3n) is 2.88. The minimum Gasteiger partial charge on any atom is -0.382 e. The summed E-state index contributed by atoms with van der Waals surface area (Å²) in [5, 5.41) is 3.98. The Balaban J connectivity index is 2.05. The molecule has 0 spiro atoms. The first kappa shape index (κ1) is 12.2. The van der Waals surface area contributed by atoms with E-state index in [0.717, 1.165) is 17.5 Å². The van der Waals surface area contributed by atoms with Crippen LogP contribution in [0.2, 0.25) is 0 Å². The molecule has 0 radical (unpaired) electrons. The number of pyridine rings is 1. The molecule has 0 saturated carbocycles. The van der Waals surface area contributed by atoms with Gasteiger partial charge in [-0.15, -0.1) is 0 Å². The van der Waals surface area contributed by atoms with Crippen molar-refractivity contribution in [2.45, 2.75) is 13.3 Å². The van der Waals surface area contributed by atoms with Gasteiger partial charge in [0.2, 0.25) is 5.82 Å². The molecule has 3 aromatic rings. The predicted molar refractivity (Wildman–Crippen MR) is 72.3 cm³/mol. The van der Waals surface area contributed by atoms with Gasteiger partial charge in [-0.05, 0) is 18.1 Å². The Morgan fingerprint density at radius 3 is 2.85 bits per heavy atom. The maximum atomic E-state index is 5.75. The van der Waals surface area contributed by atoms with Crippen LogP contribution in [-0.2, 0) is 6.42 Å². The number of aromatic nitrogens is 5. The smallest absolute Gasteiger partial charge is 0.280 e. The summed E-state index contributed by atoms with van der Waals surface area (Å²) < 4.78 is 5.22. The van der Waals surface area contributed by atoms with Gasteiger partial charge >= 0.3 is 0 Å². The molecule has 0 unspecified atom stereocenters. The molecular weight excluding hydrogens is 256 g/mol. The van der Waals surface area contributed by atoms with Gasteiger partial charge in [-0.1, -0.05) is 12.1 Å². The molecule has 0 fully saturated rings. The zero-order chi connectivity index (χ0) is 13.9. The van der Waals surface area contributed by atoms with E-state index >= 15 is 0 Å². The van der Waals surface area contributed by atoms with Crippen LogP contribution in [0.25, 0.3) is 23.0 Å². The van der Waals surface area contributed by atoms with Gasteiger partial charge in [-0.3, -0.25) is 4.98 Å². The van der Waals surface area contributed by atoms with E-state index in [0.29, 0.717) is 11.5 Å². The van der Waals surface area contributed by atoms with E-state index in [1.807, 2.05) is 13.0 Å². The highest BCUT2D eigenvalue weighted by Gasteiger charge is 2.16. The Morgan fingerprint density at radius 1 is 1.20 bits per heavy atom. The van der Waals surface area contributed by atoms with Crippen molar-refractivity contribution in [3.05, 3.63) is 36.4 Å². The molecule has 0 amide bonds. The zero-order valence-electron chi connectivity index (χ0n) is 10.8. The van der Waals surface area contributed by atoms with Crippen LogP contribution in [0.15, 0.2) is 35.4 Å². The van der Waals surface area contributed by atoms with Crippen molar-refractivity contribution >= 4 is 5.82 Å². The van der Waals surface area contributed by atoms with Crippen LogP contribution in [0.5, 0.6) is 0 Å². The molecule has 3 aromatic heterocycles. The van der Waals surface area contributed by atoms with E-state index in [9.17, 15) is 0 Å². The van der Waals surface area contributed by atoms with E-state index in [-0.39, 0.29) is 11.7 Å². The number of nitrogens with zero attached hydrogens (tertiary/aromatic N) is 5. The average Bonchev–Trinajstić information content (AvgIpc) is 2.97. The van der Waals surface area contributed by atoms with E-state index in [1.165, 1.54) is 12.4 Å². The van der Waals surface area contributed by atoms with Crippen molar-refractivity contribution in [1.82, 2.24) is 25.1 Å². The Kier molecular flexibility index (Phi) is 3.08. The highest BCUT2D eigenvalue weighted by atomic mass is 16.5. The summed E-state index contributed by atoms with van der Waals surface area (Å²) in [6.45, 7) is 2.04. The minimum absolute atomic E-state index is 0.254. The molecular formula is C13H12N6O. The quantitative estimate of drug-likeness (QED) is 0.771. The molecule has 0 aliphatic rings. The number of aryl methyl sites for hydroxylation is 1. The van der Waals surface area contributed by atoms with Crippen molar-refractivity contribution in [2.24, 2.45) is 0 Å². The van der Waals surface area contributed by atoms with Crippen LogP contribution in [0.4, 0.5) is 5.82 Å². The van der Waals surface area contributed by atoms with Gasteiger partial charge in [-0.2, -0.15) is 4.98 Å². The second kappa shape index (κ2) is 5.04. The Labute approximate surface area is 114 Å². The monoisotopic (exact) mass is 268 g/mol. The SMILES string of the molecule is CCc1cnccc1-c1noc(-c2nccnc2N)n1. The molecule has 0 aromatic carbocycles. The second-order valence-electron chi connectivity index (χ2n) is 4.10. The molecule has 0 aliphatic carbocycles. The average molecular weight is 268 g/mol. The largest absolute Gasteiger partial charge is 0.382 e. The molecule has 100 valence electrons. The Bertz CT molecular complexity index is 739. The molecule has 7 heteroatoms. The minimum atomic E-state index is 0.254. The molecule has 2 N–H and O–H groups in total. The first-order valence-electron chi connectivity index (χ1n) is 6.13. The fourth-order valence-corrected chi connectivity index (χ4v) is 1.87. The van der Waals surface area contributed by atoms with Crippen LogP contribution in [-0.4, -0.2) is 25.1 Å². The number of anilines is 1. The van der Waals surface area contributed by atoms with Crippen molar-refractivity contribution in [1.29, 1.82) is 0 Å². The van der Waals surface area contributed by atoms with E-state index in [2.05, 4.69) is 25.1 Å². The molecule has 0 bridgehead atoms. The fraction of sp³-hybridized carbons (Fsp3) is 0.154. The van der Waals surface area contributed by atoms with Gasteiger partial charge in [0.25, 0.3) is 5.89 Å². The lowest BCUT2D eigenvalue weighted by atomic mass is 10.1. The number of nitrogen functional groups attached to an aromatic ring is 1. The van der Waals surface area contributed by atoms with Gasteiger partial charge in [-0.25, -0.2) is 9.97 Å². The Morgan fingerprint density at radius 2 is 2.05 bits per heavy atom. The van der Waals surface area contributed by atoms with Crippen LogP contribution < -0.4 is 5.73 Å². The van der Waals surface area contributed by atoms with E-state index in [1.54, 1.807) is 12.4 Å². The highest BCUT2D eigenvalue weighted by Crippen LogP contribution is 2.25. The molecule has 7 nitrogen and oxygen atoms in total. The lowest BCUT2D eigenvalue weighted by Crippen LogP contribution is -1.96. The van der Waals surface area contributed by atoms with Crippen LogP contribution in [0.3, 0.4) is 0 Å². The first-order valence-corrected chi connectivity index (χ1v) is 6.13. The second-order valence-corrected chi connectivity index (χ2v) is 4.10. The number of rotatable bonds is 3. The van der Waals surface area contributed by atoms with Gasteiger partial charge < -0.3 is 10.3 Å². The van der Waals surface area contributed by atoms with Crippen LogP contribution in [0, 0.1) is 0 Å². The fourth-order valence-electron chi connectivity index (χ4n) is 1.87. The molecule has 20 heavy (non-hydrogen) atoms. The number of hydrogen-bond acceptors (Lipinski definition) is 7. The maximum Gasteiger partial charge on any atom is 0.280 e. The van der Waals surface area contributed by atoms with E-state index < -0.39 is 0 Å². The summed E-state index contributed by atoms with van der Waals surface area (Å²) in [5.74, 6) is 1.00. The molecule has 0 aliphatic heterocycles. The molecule has 3 heterocycles. The first-order chi connectivity index (χ1) is 9.79. The molecule has 0 atom stereocenters. The summed E-state index contributed by atoms with van der Waals surface area (Å²) in [5.41, 5.74) is 8.07. The lowest BCUT2D eigenvalue weighted by Gasteiger charge is -2.01.